The van der Waals surface area contributed by atoms with Crippen molar-refractivity contribution >= 4 is 29.2 Å². The van der Waals surface area contributed by atoms with Gasteiger partial charge in [0.25, 0.3) is 0 Å². The summed E-state index contributed by atoms with van der Waals surface area (Å²) in [4.78, 5) is 15.4. The van der Waals surface area contributed by atoms with E-state index in [1.54, 1.807) is 12.1 Å². The Hall–Kier alpha value is -1.65. The molecule has 3 nitrogen and oxygen atoms in total. The van der Waals surface area contributed by atoms with Crippen molar-refractivity contribution in [2.75, 3.05) is 7.11 Å². The van der Waals surface area contributed by atoms with Crippen LogP contribution in [-0.4, -0.2) is 18.1 Å². The lowest BCUT2D eigenvalue weighted by Gasteiger charge is -2.10. The molecule has 1 aromatic carbocycles. The topological polar surface area (TPSA) is 39.2 Å². The van der Waals surface area contributed by atoms with Crippen molar-refractivity contribution in [1.82, 2.24) is 4.98 Å². The first kappa shape index (κ1) is 13.8. The number of halogens is 3. The van der Waals surface area contributed by atoms with Crippen LogP contribution in [0.2, 0.25) is 10.0 Å². The molecule has 0 unspecified atom stereocenters. The molecule has 0 atom stereocenters. The van der Waals surface area contributed by atoms with Crippen molar-refractivity contribution < 1.29 is 13.9 Å². The van der Waals surface area contributed by atoms with Crippen LogP contribution in [0.5, 0.6) is 0 Å². The quantitative estimate of drug-likeness (QED) is 0.787. The van der Waals surface area contributed by atoms with Crippen molar-refractivity contribution in [3.63, 3.8) is 0 Å². The van der Waals surface area contributed by atoms with Gasteiger partial charge < -0.3 is 4.74 Å². The van der Waals surface area contributed by atoms with E-state index in [1.165, 1.54) is 19.4 Å². The number of nitrogens with zero attached hydrogens (tertiary/aromatic N) is 1. The molecule has 2 rings (SSSR count). The fraction of sp³-hybridized carbons (Fsp3) is 0.0769. The van der Waals surface area contributed by atoms with Gasteiger partial charge in [0.15, 0.2) is 5.82 Å². The van der Waals surface area contributed by atoms with Gasteiger partial charge in [0.05, 0.1) is 13.3 Å². The molecule has 19 heavy (non-hydrogen) atoms. The van der Waals surface area contributed by atoms with Crippen LogP contribution in [0, 0.1) is 5.82 Å². The van der Waals surface area contributed by atoms with Crippen LogP contribution in [0.15, 0.2) is 30.6 Å². The highest BCUT2D eigenvalue weighted by Gasteiger charge is 2.20. The monoisotopic (exact) mass is 299 g/mol. The molecule has 0 saturated carbocycles. The molecule has 1 aromatic heterocycles. The zero-order valence-electron chi connectivity index (χ0n) is 9.78. The van der Waals surface area contributed by atoms with Crippen LogP contribution in [0.3, 0.4) is 0 Å². The predicted octanol–water partition coefficient (Wildman–Crippen LogP) is 3.98. The van der Waals surface area contributed by atoms with Crippen molar-refractivity contribution in [1.29, 1.82) is 0 Å². The van der Waals surface area contributed by atoms with E-state index in [0.29, 0.717) is 15.6 Å². The highest BCUT2D eigenvalue weighted by Crippen LogP contribution is 2.33. The summed E-state index contributed by atoms with van der Waals surface area (Å²) in [7, 11) is 1.18. The zero-order chi connectivity index (χ0) is 14.0. The number of aromatic nitrogens is 1. The molecular weight excluding hydrogens is 292 g/mol. The number of carbonyl (C=O) groups excluding carboxylic acids is 1. The number of carbonyl (C=O) groups is 1. The lowest BCUT2D eigenvalue weighted by Crippen LogP contribution is -2.07. The third-order valence-electron chi connectivity index (χ3n) is 2.51. The van der Waals surface area contributed by atoms with Gasteiger partial charge in [-0.1, -0.05) is 29.3 Å². The van der Waals surface area contributed by atoms with Gasteiger partial charge >= 0.3 is 5.97 Å². The molecule has 0 spiro atoms. The normalized spacial score (nSPS) is 10.3. The van der Waals surface area contributed by atoms with E-state index in [9.17, 15) is 9.18 Å². The van der Waals surface area contributed by atoms with Gasteiger partial charge in [-0.05, 0) is 12.1 Å². The second-order valence-electron chi connectivity index (χ2n) is 3.66. The lowest BCUT2D eigenvalue weighted by molar-refractivity contribution is 0.0596. The van der Waals surface area contributed by atoms with Crippen LogP contribution in [0.1, 0.15) is 10.4 Å². The Morgan fingerprint density at radius 3 is 2.63 bits per heavy atom. The molecule has 0 aliphatic carbocycles. The Balaban J connectivity index is 2.68. The average molecular weight is 300 g/mol. The predicted molar refractivity (Wildman–Crippen MR) is 71.0 cm³/mol. The van der Waals surface area contributed by atoms with Crippen LogP contribution >= 0.6 is 23.2 Å². The first-order valence-corrected chi connectivity index (χ1v) is 5.97. The maximum Gasteiger partial charge on any atom is 0.341 e. The molecule has 1 heterocycles. The summed E-state index contributed by atoms with van der Waals surface area (Å²) in [6.45, 7) is 0. The molecular formula is C13H8Cl2FNO2. The summed E-state index contributed by atoms with van der Waals surface area (Å²) in [5.74, 6) is -1.56. The summed E-state index contributed by atoms with van der Waals surface area (Å²) in [5, 5.41) is 0.739. The van der Waals surface area contributed by atoms with Gasteiger partial charge in [0, 0.05) is 27.4 Å². The van der Waals surface area contributed by atoms with E-state index in [-0.39, 0.29) is 11.1 Å². The van der Waals surface area contributed by atoms with Crippen LogP contribution in [0.25, 0.3) is 11.1 Å². The van der Waals surface area contributed by atoms with E-state index in [0.717, 1.165) is 6.20 Å². The number of esters is 1. The molecule has 0 bridgehead atoms. The van der Waals surface area contributed by atoms with Crippen molar-refractivity contribution in [2.45, 2.75) is 0 Å². The van der Waals surface area contributed by atoms with Crippen LogP contribution < -0.4 is 0 Å². The van der Waals surface area contributed by atoms with E-state index >= 15 is 0 Å². The maximum atomic E-state index is 13.8. The molecule has 0 saturated heterocycles. The molecule has 0 fully saturated rings. The first-order chi connectivity index (χ1) is 9.04. The van der Waals surface area contributed by atoms with E-state index in [4.69, 9.17) is 23.2 Å². The Morgan fingerprint density at radius 2 is 2.00 bits per heavy atom. The molecule has 98 valence electrons. The molecule has 0 N–H and O–H groups in total. The van der Waals surface area contributed by atoms with Crippen LogP contribution in [-0.2, 0) is 4.74 Å². The van der Waals surface area contributed by atoms with Crippen LogP contribution in [0.4, 0.5) is 4.39 Å². The fourth-order valence-electron chi connectivity index (χ4n) is 1.66. The third-order valence-corrected chi connectivity index (χ3v) is 3.06. The Labute approximate surface area is 118 Å². The molecule has 0 radical (unpaired) electrons. The smallest absolute Gasteiger partial charge is 0.341 e. The van der Waals surface area contributed by atoms with Gasteiger partial charge in [0.2, 0.25) is 0 Å². The molecule has 6 heteroatoms. The number of rotatable bonds is 2. The lowest BCUT2D eigenvalue weighted by atomic mass is 10.0. The Morgan fingerprint density at radius 1 is 1.26 bits per heavy atom. The summed E-state index contributed by atoms with van der Waals surface area (Å²) < 4.78 is 18.3. The largest absolute Gasteiger partial charge is 0.465 e. The zero-order valence-corrected chi connectivity index (χ0v) is 11.3. The summed E-state index contributed by atoms with van der Waals surface area (Å²) in [6, 6.07) is 4.69. The molecule has 0 aliphatic rings. The van der Waals surface area contributed by atoms with Gasteiger partial charge in [-0.15, -0.1) is 0 Å². The fourth-order valence-corrected chi connectivity index (χ4v) is 2.17. The van der Waals surface area contributed by atoms with E-state index < -0.39 is 11.8 Å². The van der Waals surface area contributed by atoms with E-state index in [2.05, 4.69) is 9.72 Å². The first-order valence-electron chi connectivity index (χ1n) is 5.22. The highest BCUT2D eigenvalue weighted by atomic mass is 35.5. The summed E-state index contributed by atoms with van der Waals surface area (Å²) in [6.07, 6.45) is 2.30. The van der Waals surface area contributed by atoms with Gasteiger partial charge in [0.1, 0.15) is 5.56 Å². The minimum Gasteiger partial charge on any atom is -0.465 e. The maximum absolute atomic E-state index is 13.8. The second kappa shape index (κ2) is 5.55. The molecule has 0 aliphatic heterocycles. The number of methoxy groups -OCH3 is 1. The third kappa shape index (κ3) is 2.69. The SMILES string of the molecule is COC(=O)c1c(F)cncc1-c1ccc(Cl)cc1Cl. The minimum absolute atomic E-state index is 0.207. The van der Waals surface area contributed by atoms with E-state index in [1.807, 2.05) is 0 Å². The van der Waals surface area contributed by atoms with Crippen molar-refractivity contribution in [2.24, 2.45) is 0 Å². The molecule has 2 aromatic rings. The number of hydrogen-bond acceptors (Lipinski definition) is 3. The van der Waals surface area contributed by atoms with Crippen molar-refractivity contribution in [3.8, 4) is 11.1 Å². The average Bonchev–Trinajstić information content (AvgIpc) is 2.37. The minimum atomic E-state index is -0.791. The number of hydrogen-bond donors (Lipinski definition) is 0. The number of benzene rings is 1. The summed E-state index contributed by atoms with van der Waals surface area (Å²) >= 11 is 11.8. The van der Waals surface area contributed by atoms with Gasteiger partial charge in [-0.3, -0.25) is 4.98 Å². The molecule has 0 amide bonds. The summed E-state index contributed by atoms with van der Waals surface area (Å²) in [5.41, 5.74) is 0.508. The number of pyridine rings is 1. The van der Waals surface area contributed by atoms with Gasteiger partial charge in [-0.25, -0.2) is 9.18 Å². The van der Waals surface area contributed by atoms with Crippen molar-refractivity contribution in [3.05, 3.63) is 52.0 Å². The highest BCUT2D eigenvalue weighted by molar-refractivity contribution is 6.36. The standard InChI is InChI=1S/C13H8Cl2FNO2/c1-19-13(18)12-9(5-17-6-11(12)16)8-3-2-7(14)4-10(8)15/h2-6H,1H3. The number of ether oxygens (including phenoxy) is 1. The Bertz CT molecular complexity index is 647. The van der Waals surface area contributed by atoms with Gasteiger partial charge in [-0.2, -0.15) is 0 Å². The Kier molecular flexibility index (Phi) is 4.02. The second-order valence-corrected chi connectivity index (χ2v) is 4.50.